The maximum absolute atomic E-state index is 5.57. The predicted molar refractivity (Wildman–Crippen MR) is 57.4 cm³/mol. The first-order valence-electron chi connectivity index (χ1n) is 4.22. The van der Waals surface area contributed by atoms with E-state index in [2.05, 4.69) is 0 Å². The van der Waals surface area contributed by atoms with E-state index in [1.807, 2.05) is 41.1 Å². The third-order valence-corrected chi connectivity index (χ3v) is 2.45. The van der Waals surface area contributed by atoms with Crippen LogP contribution in [0.2, 0.25) is 0 Å². The van der Waals surface area contributed by atoms with Gasteiger partial charge < -0.3 is 9.47 Å². The zero-order chi connectivity index (χ0) is 9.80. The lowest BCUT2D eigenvalue weighted by atomic mass is 10.3. The largest absolute Gasteiger partial charge is 0.497 e. The molecule has 0 fully saturated rings. The van der Waals surface area contributed by atoms with Crippen LogP contribution in [0.1, 0.15) is 0 Å². The van der Waals surface area contributed by atoms with Gasteiger partial charge in [0.25, 0.3) is 0 Å². The Morgan fingerprint density at radius 1 is 0.929 bits per heavy atom. The van der Waals surface area contributed by atoms with Crippen LogP contribution < -0.4 is 9.47 Å². The Morgan fingerprint density at radius 3 is 2.21 bits per heavy atom. The molecule has 0 bridgehead atoms. The Bertz CT molecular complexity index is 378. The Balaban J connectivity index is 2.10. The van der Waals surface area contributed by atoms with Gasteiger partial charge in [-0.2, -0.15) is 0 Å². The SMILES string of the molecule is COc1ccc(Oc2ccsc2)cc1. The lowest BCUT2D eigenvalue weighted by Gasteiger charge is -2.03. The molecule has 14 heavy (non-hydrogen) atoms. The van der Waals surface area contributed by atoms with Crippen LogP contribution in [0.4, 0.5) is 0 Å². The van der Waals surface area contributed by atoms with Crippen molar-refractivity contribution in [3.63, 3.8) is 0 Å². The monoisotopic (exact) mass is 206 g/mol. The lowest BCUT2D eigenvalue weighted by molar-refractivity contribution is 0.413. The second kappa shape index (κ2) is 4.15. The van der Waals surface area contributed by atoms with Gasteiger partial charge in [0.05, 0.1) is 7.11 Å². The fourth-order valence-corrected chi connectivity index (χ4v) is 1.64. The Hall–Kier alpha value is -1.48. The summed E-state index contributed by atoms with van der Waals surface area (Å²) in [6.45, 7) is 0. The molecule has 1 aromatic heterocycles. The normalized spacial score (nSPS) is 9.79. The van der Waals surface area contributed by atoms with Crippen LogP contribution in [0.25, 0.3) is 0 Å². The summed E-state index contributed by atoms with van der Waals surface area (Å²) < 4.78 is 10.6. The number of hydrogen-bond donors (Lipinski definition) is 0. The first kappa shape index (κ1) is 9.09. The highest BCUT2D eigenvalue weighted by molar-refractivity contribution is 7.08. The zero-order valence-electron chi connectivity index (χ0n) is 7.77. The number of rotatable bonds is 3. The van der Waals surface area contributed by atoms with Gasteiger partial charge in [0.2, 0.25) is 0 Å². The summed E-state index contributed by atoms with van der Waals surface area (Å²) in [5, 5.41) is 3.95. The van der Waals surface area contributed by atoms with Gasteiger partial charge in [-0.15, -0.1) is 11.3 Å². The Kier molecular flexibility index (Phi) is 2.70. The van der Waals surface area contributed by atoms with Gasteiger partial charge in [-0.25, -0.2) is 0 Å². The van der Waals surface area contributed by atoms with Gasteiger partial charge in [0, 0.05) is 5.38 Å². The molecule has 0 amide bonds. The quantitative estimate of drug-likeness (QED) is 0.764. The molecule has 0 aliphatic rings. The van der Waals surface area contributed by atoms with Crippen LogP contribution in [-0.2, 0) is 0 Å². The third-order valence-electron chi connectivity index (χ3n) is 1.79. The summed E-state index contributed by atoms with van der Waals surface area (Å²) in [4.78, 5) is 0. The molecule has 0 aliphatic carbocycles. The topological polar surface area (TPSA) is 18.5 Å². The van der Waals surface area contributed by atoms with Crippen LogP contribution in [0.5, 0.6) is 17.2 Å². The van der Waals surface area contributed by atoms with Crippen molar-refractivity contribution < 1.29 is 9.47 Å². The van der Waals surface area contributed by atoms with Crippen LogP contribution in [-0.4, -0.2) is 7.11 Å². The maximum atomic E-state index is 5.57. The van der Waals surface area contributed by atoms with Gasteiger partial charge >= 0.3 is 0 Å². The number of hydrogen-bond acceptors (Lipinski definition) is 3. The molecule has 0 atom stereocenters. The van der Waals surface area contributed by atoms with Crippen molar-refractivity contribution in [1.82, 2.24) is 0 Å². The maximum Gasteiger partial charge on any atom is 0.138 e. The van der Waals surface area contributed by atoms with E-state index in [9.17, 15) is 0 Å². The summed E-state index contributed by atoms with van der Waals surface area (Å²) in [6, 6.07) is 9.46. The van der Waals surface area contributed by atoms with E-state index < -0.39 is 0 Å². The summed E-state index contributed by atoms with van der Waals surface area (Å²) in [5.74, 6) is 2.53. The van der Waals surface area contributed by atoms with Crippen LogP contribution in [0, 0.1) is 0 Å². The fourth-order valence-electron chi connectivity index (χ4n) is 1.09. The molecule has 0 aliphatic heterocycles. The van der Waals surface area contributed by atoms with Crippen molar-refractivity contribution in [1.29, 1.82) is 0 Å². The highest BCUT2D eigenvalue weighted by Crippen LogP contribution is 2.25. The molecule has 2 nitrogen and oxygen atoms in total. The molecule has 0 saturated carbocycles. The smallest absolute Gasteiger partial charge is 0.138 e. The van der Waals surface area contributed by atoms with Crippen molar-refractivity contribution >= 4 is 11.3 Å². The van der Waals surface area contributed by atoms with Crippen LogP contribution in [0.15, 0.2) is 41.1 Å². The molecule has 3 heteroatoms. The van der Waals surface area contributed by atoms with Crippen molar-refractivity contribution in [2.24, 2.45) is 0 Å². The molecule has 0 radical (unpaired) electrons. The van der Waals surface area contributed by atoms with Gasteiger partial charge in [-0.3, -0.25) is 0 Å². The summed E-state index contributed by atoms with van der Waals surface area (Å²) in [6.07, 6.45) is 0. The van der Waals surface area contributed by atoms with E-state index in [1.54, 1.807) is 18.4 Å². The fraction of sp³-hybridized carbons (Fsp3) is 0.0909. The van der Waals surface area contributed by atoms with Crippen molar-refractivity contribution in [2.45, 2.75) is 0 Å². The minimum atomic E-state index is 0.823. The minimum Gasteiger partial charge on any atom is -0.497 e. The summed E-state index contributed by atoms with van der Waals surface area (Å²) in [7, 11) is 1.65. The standard InChI is InChI=1S/C11H10O2S/c1-12-9-2-4-10(5-3-9)13-11-6-7-14-8-11/h2-8H,1H3. The van der Waals surface area contributed by atoms with E-state index in [0.717, 1.165) is 17.2 Å². The van der Waals surface area contributed by atoms with E-state index in [0.29, 0.717) is 0 Å². The molecule has 1 aromatic carbocycles. The van der Waals surface area contributed by atoms with Crippen LogP contribution >= 0.6 is 11.3 Å². The number of thiophene rings is 1. The highest BCUT2D eigenvalue weighted by Gasteiger charge is 1.97. The molecular formula is C11H10O2S. The number of ether oxygens (including phenoxy) is 2. The summed E-state index contributed by atoms with van der Waals surface area (Å²) in [5.41, 5.74) is 0. The van der Waals surface area contributed by atoms with E-state index >= 15 is 0 Å². The molecule has 0 saturated heterocycles. The van der Waals surface area contributed by atoms with E-state index in [-0.39, 0.29) is 0 Å². The first-order chi connectivity index (χ1) is 6.88. The van der Waals surface area contributed by atoms with Crippen molar-refractivity contribution in [2.75, 3.05) is 7.11 Å². The average molecular weight is 206 g/mol. The van der Waals surface area contributed by atoms with E-state index in [4.69, 9.17) is 9.47 Å². The van der Waals surface area contributed by atoms with Crippen molar-refractivity contribution in [3.05, 3.63) is 41.1 Å². The lowest BCUT2D eigenvalue weighted by Crippen LogP contribution is -1.83. The van der Waals surface area contributed by atoms with Crippen LogP contribution in [0.3, 0.4) is 0 Å². The Labute approximate surface area is 86.7 Å². The molecular weight excluding hydrogens is 196 g/mol. The molecule has 72 valence electrons. The Morgan fingerprint density at radius 2 is 1.64 bits per heavy atom. The number of benzene rings is 1. The van der Waals surface area contributed by atoms with Gasteiger partial charge in [0.1, 0.15) is 17.2 Å². The second-order valence-corrected chi connectivity index (χ2v) is 3.52. The molecule has 2 rings (SSSR count). The molecule has 0 unspecified atom stereocenters. The molecule has 1 heterocycles. The second-order valence-electron chi connectivity index (χ2n) is 2.74. The van der Waals surface area contributed by atoms with Crippen molar-refractivity contribution in [3.8, 4) is 17.2 Å². The average Bonchev–Trinajstić information content (AvgIpc) is 2.72. The van der Waals surface area contributed by atoms with E-state index in [1.165, 1.54) is 0 Å². The van der Waals surface area contributed by atoms with Gasteiger partial charge in [0.15, 0.2) is 0 Å². The zero-order valence-corrected chi connectivity index (χ0v) is 8.58. The molecule has 2 aromatic rings. The van der Waals surface area contributed by atoms with Gasteiger partial charge in [-0.05, 0) is 35.7 Å². The third kappa shape index (κ3) is 2.06. The highest BCUT2D eigenvalue weighted by atomic mass is 32.1. The minimum absolute atomic E-state index is 0.823. The van der Waals surface area contributed by atoms with Gasteiger partial charge in [-0.1, -0.05) is 0 Å². The molecule has 0 spiro atoms. The predicted octanol–water partition coefficient (Wildman–Crippen LogP) is 3.55. The number of methoxy groups -OCH3 is 1. The molecule has 0 N–H and O–H groups in total. The summed E-state index contributed by atoms with van der Waals surface area (Å²) >= 11 is 1.62. The first-order valence-corrected chi connectivity index (χ1v) is 5.17.